The zero-order chi connectivity index (χ0) is 12.1. The Labute approximate surface area is 100 Å². The third-order valence-electron chi connectivity index (χ3n) is 2.81. The number of amides is 1. The van der Waals surface area contributed by atoms with Crippen LogP contribution in [-0.2, 0) is 11.3 Å². The first-order chi connectivity index (χ1) is 8.31. The molecule has 0 bridgehead atoms. The van der Waals surface area contributed by atoms with Crippen molar-refractivity contribution >= 4 is 16.8 Å². The Morgan fingerprint density at radius 3 is 3.06 bits per heavy atom. The van der Waals surface area contributed by atoms with Gasteiger partial charge >= 0.3 is 0 Å². The van der Waals surface area contributed by atoms with Gasteiger partial charge in [-0.05, 0) is 17.7 Å². The van der Waals surface area contributed by atoms with Gasteiger partial charge in [0.25, 0.3) is 0 Å². The van der Waals surface area contributed by atoms with E-state index in [4.69, 9.17) is 0 Å². The second-order valence-electron chi connectivity index (χ2n) is 3.96. The Balaban J connectivity index is 1.91. The number of carbonyl (C=O) groups is 1. The molecule has 2 aromatic rings. The minimum Gasteiger partial charge on any atom is -0.361 e. The van der Waals surface area contributed by atoms with Crippen molar-refractivity contribution in [2.24, 2.45) is 0 Å². The van der Waals surface area contributed by atoms with E-state index in [0.717, 1.165) is 12.1 Å². The molecule has 1 heterocycles. The normalized spacial score (nSPS) is 10.6. The molecule has 0 fully saturated rings. The SMILES string of the molecule is CNC(=O)CCNCc1cccc2[nH]ccc12. The second-order valence-corrected chi connectivity index (χ2v) is 3.96. The lowest BCUT2D eigenvalue weighted by molar-refractivity contribution is -0.120. The molecule has 4 heteroatoms. The molecule has 1 aromatic carbocycles. The van der Waals surface area contributed by atoms with Gasteiger partial charge in [-0.1, -0.05) is 12.1 Å². The maximum Gasteiger partial charge on any atom is 0.221 e. The molecule has 17 heavy (non-hydrogen) atoms. The first-order valence-electron chi connectivity index (χ1n) is 5.77. The number of carbonyl (C=O) groups excluding carboxylic acids is 1. The maximum absolute atomic E-state index is 11.0. The quantitative estimate of drug-likeness (QED) is 0.681. The Hall–Kier alpha value is -1.81. The van der Waals surface area contributed by atoms with Crippen LogP contribution < -0.4 is 10.6 Å². The van der Waals surface area contributed by atoms with E-state index < -0.39 is 0 Å². The Morgan fingerprint density at radius 2 is 2.24 bits per heavy atom. The van der Waals surface area contributed by atoms with Crippen molar-refractivity contribution < 1.29 is 4.79 Å². The number of fused-ring (bicyclic) bond motifs is 1. The lowest BCUT2D eigenvalue weighted by atomic mass is 10.1. The summed E-state index contributed by atoms with van der Waals surface area (Å²) in [4.78, 5) is 14.2. The molecule has 0 aliphatic carbocycles. The fraction of sp³-hybridized carbons (Fsp3) is 0.308. The number of benzene rings is 1. The molecule has 0 aliphatic heterocycles. The van der Waals surface area contributed by atoms with Crippen molar-refractivity contribution in [3.05, 3.63) is 36.0 Å². The summed E-state index contributed by atoms with van der Waals surface area (Å²) >= 11 is 0. The van der Waals surface area contributed by atoms with E-state index >= 15 is 0 Å². The van der Waals surface area contributed by atoms with E-state index in [1.807, 2.05) is 12.3 Å². The fourth-order valence-corrected chi connectivity index (χ4v) is 1.85. The molecule has 1 aromatic heterocycles. The number of hydrogen-bond donors (Lipinski definition) is 3. The molecular weight excluding hydrogens is 214 g/mol. The average Bonchev–Trinajstić information content (AvgIpc) is 2.83. The molecule has 90 valence electrons. The van der Waals surface area contributed by atoms with Crippen LogP contribution in [0.25, 0.3) is 10.9 Å². The minimum atomic E-state index is 0.0670. The van der Waals surface area contributed by atoms with Gasteiger partial charge in [-0.15, -0.1) is 0 Å². The topological polar surface area (TPSA) is 56.9 Å². The van der Waals surface area contributed by atoms with Gasteiger partial charge in [-0.25, -0.2) is 0 Å². The summed E-state index contributed by atoms with van der Waals surface area (Å²) < 4.78 is 0. The van der Waals surface area contributed by atoms with Gasteiger partial charge in [-0.2, -0.15) is 0 Å². The molecule has 0 spiro atoms. The fourth-order valence-electron chi connectivity index (χ4n) is 1.85. The van der Waals surface area contributed by atoms with Crippen LogP contribution in [0.2, 0.25) is 0 Å². The van der Waals surface area contributed by atoms with Gasteiger partial charge in [0, 0.05) is 43.7 Å². The highest BCUT2D eigenvalue weighted by atomic mass is 16.1. The standard InChI is InChI=1S/C13H17N3O/c1-14-13(17)6-7-15-9-10-3-2-4-12-11(10)5-8-16-12/h2-5,8,15-16H,6-7,9H2,1H3,(H,14,17). The van der Waals surface area contributed by atoms with Crippen LogP contribution in [0.15, 0.2) is 30.5 Å². The van der Waals surface area contributed by atoms with Gasteiger partial charge in [0.05, 0.1) is 0 Å². The molecule has 0 aliphatic rings. The Bertz CT molecular complexity index is 504. The molecule has 0 unspecified atom stereocenters. The molecule has 0 radical (unpaired) electrons. The summed E-state index contributed by atoms with van der Waals surface area (Å²) in [6.07, 6.45) is 2.46. The van der Waals surface area contributed by atoms with Crippen molar-refractivity contribution in [3.63, 3.8) is 0 Å². The van der Waals surface area contributed by atoms with E-state index in [9.17, 15) is 4.79 Å². The second kappa shape index (κ2) is 5.50. The number of aromatic nitrogens is 1. The van der Waals surface area contributed by atoms with Gasteiger partial charge in [0.15, 0.2) is 0 Å². The smallest absolute Gasteiger partial charge is 0.221 e. The number of aromatic amines is 1. The van der Waals surface area contributed by atoms with E-state index in [0.29, 0.717) is 13.0 Å². The molecular formula is C13H17N3O. The van der Waals surface area contributed by atoms with E-state index in [-0.39, 0.29) is 5.91 Å². The first-order valence-corrected chi connectivity index (χ1v) is 5.77. The summed E-state index contributed by atoms with van der Waals surface area (Å²) in [5.74, 6) is 0.0670. The van der Waals surface area contributed by atoms with Crippen LogP contribution in [0.1, 0.15) is 12.0 Å². The Kier molecular flexibility index (Phi) is 3.77. The van der Waals surface area contributed by atoms with Crippen molar-refractivity contribution in [2.45, 2.75) is 13.0 Å². The van der Waals surface area contributed by atoms with E-state index in [1.165, 1.54) is 10.9 Å². The predicted octanol–water partition coefficient (Wildman–Crippen LogP) is 1.39. The Morgan fingerprint density at radius 1 is 1.35 bits per heavy atom. The summed E-state index contributed by atoms with van der Waals surface area (Å²) in [6.45, 7) is 1.48. The highest BCUT2D eigenvalue weighted by Gasteiger charge is 2.01. The van der Waals surface area contributed by atoms with Crippen LogP contribution in [-0.4, -0.2) is 24.5 Å². The summed E-state index contributed by atoms with van der Waals surface area (Å²) in [7, 11) is 1.66. The lowest BCUT2D eigenvalue weighted by Gasteiger charge is -2.05. The lowest BCUT2D eigenvalue weighted by Crippen LogP contribution is -2.24. The maximum atomic E-state index is 11.0. The molecule has 4 nitrogen and oxygen atoms in total. The number of nitrogens with one attached hydrogen (secondary N) is 3. The molecule has 1 amide bonds. The first kappa shape index (κ1) is 11.7. The summed E-state index contributed by atoms with van der Waals surface area (Å²) in [5.41, 5.74) is 2.40. The summed E-state index contributed by atoms with van der Waals surface area (Å²) in [5, 5.41) is 7.12. The molecule has 0 saturated heterocycles. The van der Waals surface area contributed by atoms with Crippen LogP contribution in [0, 0.1) is 0 Å². The molecule has 0 saturated carbocycles. The van der Waals surface area contributed by atoms with E-state index in [2.05, 4.69) is 33.8 Å². The number of H-pyrrole nitrogens is 1. The molecule has 2 rings (SSSR count). The van der Waals surface area contributed by atoms with Crippen LogP contribution in [0.5, 0.6) is 0 Å². The minimum absolute atomic E-state index is 0.0670. The zero-order valence-corrected chi connectivity index (χ0v) is 9.92. The predicted molar refractivity (Wildman–Crippen MR) is 68.7 cm³/mol. The van der Waals surface area contributed by atoms with Gasteiger partial charge in [0.1, 0.15) is 0 Å². The van der Waals surface area contributed by atoms with Crippen LogP contribution in [0.4, 0.5) is 0 Å². The van der Waals surface area contributed by atoms with Crippen LogP contribution >= 0.6 is 0 Å². The van der Waals surface area contributed by atoms with Crippen molar-refractivity contribution in [1.82, 2.24) is 15.6 Å². The third kappa shape index (κ3) is 2.85. The van der Waals surface area contributed by atoms with Crippen molar-refractivity contribution in [3.8, 4) is 0 Å². The van der Waals surface area contributed by atoms with Crippen molar-refractivity contribution in [1.29, 1.82) is 0 Å². The van der Waals surface area contributed by atoms with Crippen LogP contribution in [0.3, 0.4) is 0 Å². The summed E-state index contributed by atoms with van der Waals surface area (Å²) in [6, 6.07) is 8.27. The zero-order valence-electron chi connectivity index (χ0n) is 9.92. The highest BCUT2D eigenvalue weighted by Crippen LogP contribution is 2.16. The van der Waals surface area contributed by atoms with Gasteiger partial charge in [0.2, 0.25) is 5.91 Å². The van der Waals surface area contributed by atoms with E-state index in [1.54, 1.807) is 7.05 Å². The third-order valence-corrected chi connectivity index (χ3v) is 2.81. The molecule has 3 N–H and O–H groups in total. The largest absolute Gasteiger partial charge is 0.361 e. The van der Waals surface area contributed by atoms with Gasteiger partial charge < -0.3 is 15.6 Å². The number of hydrogen-bond acceptors (Lipinski definition) is 2. The molecule has 0 atom stereocenters. The monoisotopic (exact) mass is 231 g/mol. The van der Waals surface area contributed by atoms with Gasteiger partial charge in [-0.3, -0.25) is 4.79 Å². The number of rotatable bonds is 5. The average molecular weight is 231 g/mol. The van der Waals surface area contributed by atoms with Crippen molar-refractivity contribution in [2.75, 3.05) is 13.6 Å². The highest BCUT2D eigenvalue weighted by molar-refractivity contribution is 5.82.